The largest absolute Gasteiger partial charge is 0.478 e. The van der Waals surface area contributed by atoms with Crippen molar-refractivity contribution in [3.63, 3.8) is 0 Å². The van der Waals surface area contributed by atoms with Crippen LogP contribution in [0.1, 0.15) is 10.4 Å². The normalized spacial score (nSPS) is 10.0. The smallest absolute Gasteiger partial charge is 0.337 e. The lowest BCUT2D eigenvalue weighted by Crippen LogP contribution is -2.00. The number of pyridine rings is 1. The Bertz CT molecular complexity index is 625. The number of hydrogen-bond acceptors (Lipinski definition) is 4. The van der Waals surface area contributed by atoms with Crippen LogP contribution in [-0.2, 0) is 0 Å². The van der Waals surface area contributed by atoms with E-state index in [0.29, 0.717) is 11.1 Å². The summed E-state index contributed by atoms with van der Waals surface area (Å²) in [4.78, 5) is 24.9. The summed E-state index contributed by atoms with van der Waals surface area (Å²) in [5, 5.41) is 19.7. The Morgan fingerprint density at radius 2 is 2.11 bits per heavy atom. The minimum absolute atomic E-state index is 0.0120. The number of nitrogens with zero attached hydrogens (tertiary/aromatic N) is 2. The molecule has 1 N–H and O–H groups in total. The summed E-state index contributed by atoms with van der Waals surface area (Å²) in [6, 6.07) is 7.34. The lowest BCUT2D eigenvalue weighted by molar-refractivity contribution is -0.384. The van der Waals surface area contributed by atoms with Gasteiger partial charge in [-0.25, -0.2) is 4.79 Å². The summed E-state index contributed by atoms with van der Waals surface area (Å²) in [6.07, 6.45) is 2.66. The minimum Gasteiger partial charge on any atom is -0.478 e. The van der Waals surface area contributed by atoms with Crippen LogP contribution in [0, 0.1) is 10.1 Å². The Kier molecular flexibility index (Phi) is 3.01. The molecule has 0 bridgehead atoms. The molecular weight excluding hydrogens is 236 g/mol. The number of non-ortho nitro benzene ring substituents is 1. The lowest BCUT2D eigenvalue weighted by Gasteiger charge is -2.05. The first-order valence-corrected chi connectivity index (χ1v) is 5.01. The molecule has 2 rings (SSSR count). The topological polar surface area (TPSA) is 93.3 Å². The van der Waals surface area contributed by atoms with Crippen LogP contribution in [0.3, 0.4) is 0 Å². The van der Waals surface area contributed by atoms with Crippen molar-refractivity contribution in [1.29, 1.82) is 0 Å². The molecule has 0 aliphatic heterocycles. The molecule has 0 amide bonds. The van der Waals surface area contributed by atoms with Gasteiger partial charge in [0.25, 0.3) is 5.69 Å². The predicted octanol–water partition coefficient (Wildman–Crippen LogP) is 2.36. The molecule has 1 aromatic heterocycles. The highest BCUT2D eigenvalue weighted by molar-refractivity contribution is 5.95. The van der Waals surface area contributed by atoms with Crippen LogP contribution in [0.15, 0.2) is 42.7 Å². The first kappa shape index (κ1) is 11.7. The highest BCUT2D eigenvalue weighted by Gasteiger charge is 2.13. The third-order valence-corrected chi connectivity index (χ3v) is 2.42. The van der Waals surface area contributed by atoms with Gasteiger partial charge in [-0.1, -0.05) is 12.1 Å². The van der Waals surface area contributed by atoms with Gasteiger partial charge >= 0.3 is 5.97 Å². The lowest BCUT2D eigenvalue weighted by atomic mass is 10.0. The van der Waals surface area contributed by atoms with Gasteiger partial charge in [0.1, 0.15) is 0 Å². The number of benzene rings is 1. The minimum atomic E-state index is -1.12. The molecule has 0 spiro atoms. The molecule has 6 nitrogen and oxygen atoms in total. The Morgan fingerprint density at radius 1 is 1.33 bits per heavy atom. The van der Waals surface area contributed by atoms with E-state index in [1.165, 1.54) is 36.7 Å². The van der Waals surface area contributed by atoms with Crippen LogP contribution in [0.25, 0.3) is 11.1 Å². The van der Waals surface area contributed by atoms with E-state index in [4.69, 9.17) is 5.11 Å². The van der Waals surface area contributed by atoms with Gasteiger partial charge in [0, 0.05) is 24.5 Å². The molecule has 0 saturated carbocycles. The zero-order valence-corrected chi connectivity index (χ0v) is 9.11. The summed E-state index contributed by atoms with van der Waals surface area (Å²) in [5.74, 6) is -1.12. The molecule has 90 valence electrons. The molecule has 0 aliphatic rings. The van der Waals surface area contributed by atoms with Crippen LogP contribution >= 0.6 is 0 Å². The summed E-state index contributed by atoms with van der Waals surface area (Å²) in [7, 11) is 0. The standard InChI is InChI=1S/C12H8N2O4/c15-12(16)11-7-13-5-4-10(11)8-2-1-3-9(6-8)14(17)18/h1-7H,(H,15,16). The first-order chi connectivity index (χ1) is 8.59. The van der Waals surface area contributed by atoms with E-state index in [9.17, 15) is 14.9 Å². The van der Waals surface area contributed by atoms with Crippen molar-refractivity contribution >= 4 is 11.7 Å². The number of aromatic carboxylic acids is 1. The number of nitro groups is 1. The van der Waals surface area contributed by atoms with Gasteiger partial charge in [0.15, 0.2) is 0 Å². The second-order valence-electron chi connectivity index (χ2n) is 3.53. The maximum absolute atomic E-state index is 11.0. The molecule has 0 unspecified atom stereocenters. The fourth-order valence-corrected chi connectivity index (χ4v) is 1.60. The van der Waals surface area contributed by atoms with Crippen LogP contribution in [0.4, 0.5) is 5.69 Å². The van der Waals surface area contributed by atoms with Crippen LogP contribution in [0.5, 0.6) is 0 Å². The second-order valence-corrected chi connectivity index (χ2v) is 3.53. The molecule has 6 heteroatoms. The van der Waals surface area contributed by atoms with Crippen LogP contribution in [-0.4, -0.2) is 21.0 Å². The summed E-state index contributed by atoms with van der Waals surface area (Å²) >= 11 is 0. The van der Waals surface area contributed by atoms with E-state index in [-0.39, 0.29) is 11.3 Å². The molecule has 1 heterocycles. The zero-order chi connectivity index (χ0) is 13.1. The van der Waals surface area contributed by atoms with E-state index in [0.717, 1.165) is 0 Å². The molecule has 0 atom stereocenters. The molecule has 0 saturated heterocycles. The number of carboxylic acids is 1. The third-order valence-electron chi connectivity index (χ3n) is 2.42. The van der Waals surface area contributed by atoms with E-state index < -0.39 is 10.9 Å². The highest BCUT2D eigenvalue weighted by atomic mass is 16.6. The summed E-state index contributed by atoms with van der Waals surface area (Å²) in [6.45, 7) is 0. The van der Waals surface area contributed by atoms with Crippen molar-refractivity contribution in [3.8, 4) is 11.1 Å². The average molecular weight is 244 g/mol. The number of nitro benzene ring substituents is 1. The van der Waals surface area contributed by atoms with Gasteiger partial charge in [-0.3, -0.25) is 15.1 Å². The van der Waals surface area contributed by atoms with E-state index in [1.807, 2.05) is 0 Å². The Hall–Kier alpha value is -2.76. The van der Waals surface area contributed by atoms with Crippen molar-refractivity contribution in [1.82, 2.24) is 4.98 Å². The molecule has 0 radical (unpaired) electrons. The number of carbonyl (C=O) groups is 1. The quantitative estimate of drug-likeness (QED) is 0.660. The average Bonchev–Trinajstić information content (AvgIpc) is 2.39. The van der Waals surface area contributed by atoms with Gasteiger partial charge in [-0.15, -0.1) is 0 Å². The van der Waals surface area contributed by atoms with Crippen LogP contribution < -0.4 is 0 Å². The molecule has 2 aromatic rings. The van der Waals surface area contributed by atoms with Gasteiger partial charge in [0.05, 0.1) is 10.5 Å². The predicted molar refractivity (Wildman–Crippen MR) is 63.3 cm³/mol. The number of hydrogen-bond donors (Lipinski definition) is 1. The Labute approximate surface area is 102 Å². The van der Waals surface area contributed by atoms with Gasteiger partial charge < -0.3 is 5.11 Å². The van der Waals surface area contributed by atoms with E-state index in [1.54, 1.807) is 6.07 Å². The fourth-order valence-electron chi connectivity index (χ4n) is 1.60. The molecule has 18 heavy (non-hydrogen) atoms. The maximum Gasteiger partial charge on any atom is 0.337 e. The third kappa shape index (κ3) is 2.17. The Balaban J connectivity index is 2.58. The van der Waals surface area contributed by atoms with Crippen molar-refractivity contribution in [2.45, 2.75) is 0 Å². The van der Waals surface area contributed by atoms with Crippen molar-refractivity contribution in [2.24, 2.45) is 0 Å². The van der Waals surface area contributed by atoms with E-state index >= 15 is 0 Å². The van der Waals surface area contributed by atoms with Crippen molar-refractivity contribution in [2.75, 3.05) is 0 Å². The second kappa shape index (κ2) is 4.62. The number of carboxylic acid groups (broad SMARTS) is 1. The molecule has 0 fully saturated rings. The summed E-state index contributed by atoms with van der Waals surface area (Å²) in [5.41, 5.74) is 0.809. The maximum atomic E-state index is 11.0. The van der Waals surface area contributed by atoms with Crippen molar-refractivity contribution in [3.05, 3.63) is 58.4 Å². The molecular formula is C12H8N2O4. The molecule has 0 aliphatic carbocycles. The molecule has 1 aromatic carbocycles. The highest BCUT2D eigenvalue weighted by Crippen LogP contribution is 2.26. The van der Waals surface area contributed by atoms with Gasteiger partial charge in [0.2, 0.25) is 0 Å². The van der Waals surface area contributed by atoms with Crippen LogP contribution in [0.2, 0.25) is 0 Å². The zero-order valence-electron chi connectivity index (χ0n) is 9.11. The first-order valence-electron chi connectivity index (χ1n) is 5.01. The monoisotopic (exact) mass is 244 g/mol. The van der Waals surface area contributed by atoms with E-state index in [2.05, 4.69) is 4.98 Å². The van der Waals surface area contributed by atoms with Gasteiger partial charge in [-0.2, -0.15) is 0 Å². The SMILES string of the molecule is O=C(O)c1cnccc1-c1cccc([N+](=O)[O-])c1. The Morgan fingerprint density at radius 3 is 2.78 bits per heavy atom. The fraction of sp³-hybridized carbons (Fsp3) is 0. The number of rotatable bonds is 3. The van der Waals surface area contributed by atoms with Crippen molar-refractivity contribution < 1.29 is 14.8 Å². The van der Waals surface area contributed by atoms with Gasteiger partial charge in [-0.05, 0) is 17.2 Å². The number of aromatic nitrogens is 1. The summed E-state index contributed by atoms with van der Waals surface area (Å²) < 4.78 is 0.